The van der Waals surface area contributed by atoms with Crippen molar-refractivity contribution in [1.29, 1.82) is 0 Å². The molecule has 0 bridgehead atoms. The Labute approximate surface area is 260 Å². The van der Waals surface area contributed by atoms with E-state index in [1.54, 1.807) is 12.1 Å². The monoisotopic (exact) mass is 634 g/mol. The zero-order chi connectivity index (χ0) is 31.9. The predicted octanol–water partition coefficient (Wildman–Crippen LogP) is 5.63. The molecule has 0 spiro atoms. The fourth-order valence-corrected chi connectivity index (χ4v) is 5.01. The lowest BCUT2D eigenvalue weighted by atomic mass is 10.1. The zero-order valence-corrected chi connectivity index (χ0v) is 25.0. The van der Waals surface area contributed by atoms with E-state index in [1.807, 2.05) is 37.4 Å². The van der Waals surface area contributed by atoms with Gasteiger partial charge in [0.2, 0.25) is 5.82 Å². The number of aromatic nitrogens is 3. The highest BCUT2D eigenvalue weighted by atomic mass is 32.1. The van der Waals surface area contributed by atoms with E-state index in [0.29, 0.717) is 24.8 Å². The number of para-hydroxylation sites is 1. The molecular formula is C30H28F2N8O4S. The Morgan fingerprint density at radius 3 is 2.60 bits per heavy atom. The number of carbonyl (C=O) groups is 2. The van der Waals surface area contributed by atoms with Gasteiger partial charge in [-0.2, -0.15) is 4.98 Å². The maximum atomic E-state index is 14.8. The predicted molar refractivity (Wildman–Crippen MR) is 167 cm³/mol. The summed E-state index contributed by atoms with van der Waals surface area (Å²) in [6.45, 7) is 1.16. The van der Waals surface area contributed by atoms with Gasteiger partial charge in [0.1, 0.15) is 28.1 Å². The second kappa shape index (κ2) is 13.8. The SMILES string of the molecule is COc1cccc(C(=O)Nc2cc(-c3noc(-c4sc(NC(=O)NCCCN(C)c5ccccc5)nc4N)n3)c(F)cc2F)c1. The summed E-state index contributed by atoms with van der Waals surface area (Å²) in [5, 5.41) is 11.8. The average Bonchev–Trinajstić information content (AvgIpc) is 3.67. The molecule has 0 saturated carbocycles. The van der Waals surface area contributed by atoms with Gasteiger partial charge in [0.05, 0.1) is 18.4 Å². The molecule has 0 aliphatic heterocycles. The summed E-state index contributed by atoms with van der Waals surface area (Å²) in [5.41, 5.74) is 6.78. The number of anilines is 4. The highest BCUT2D eigenvalue weighted by Crippen LogP contribution is 2.36. The quantitative estimate of drug-likeness (QED) is 0.135. The summed E-state index contributed by atoms with van der Waals surface area (Å²) in [5.74, 6) is -2.50. The Bertz CT molecular complexity index is 1820. The summed E-state index contributed by atoms with van der Waals surface area (Å²) >= 11 is 0.976. The number of rotatable bonds is 11. The van der Waals surface area contributed by atoms with E-state index < -0.39 is 23.6 Å². The summed E-state index contributed by atoms with van der Waals surface area (Å²) in [4.78, 5) is 35.7. The first kappa shape index (κ1) is 30.9. The molecule has 15 heteroatoms. The Balaban J connectivity index is 1.22. The average molecular weight is 635 g/mol. The molecule has 12 nitrogen and oxygen atoms in total. The first-order valence-electron chi connectivity index (χ1n) is 13.6. The van der Waals surface area contributed by atoms with E-state index >= 15 is 0 Å². The number of thiazole rings is 1. The van der Waals surface area contributed by atoms with Gasteiger partial charge in [-0.3, -0.25) is 10.1 Å². The molecule has 5 aromatic rings. The second-order valence-corrected chi connectivity index (χ2v) is 10.6. The highest BCUT2D eigenvalue weighted by Gasteiger charge is 2.22. The van der Waals surface area contributed by atoms with Crippen LogP contribution in [0.15, 0.2) is 71.3 Å². The minimum absolute atomic E-state index is 0.000746. The van der Waals surface area contributed by atoms with Crippen LogP contribution in [0.25, 0.3) is 22.2 Å². The molecule has 5 rings (SSSR count). The largest absolute Gasteiger partial charge is 0.497 e. The van der Waals surface area contributed by atoms with Gasteiger partial charge in [-0.05, 0) is 42.8 Å². The first-order valence-corrected chi connectivity index (χ1v) is 14.4. The van der Waals surface area contributed by atoms with Gasteiger partial charge >= 0.3 is 6.03 Å². The summed E-state index contributed by atoms with van der Waals surface area (Å²) in [6, 6.07) is 17.3. The van der Waals surface area contributed by atoms with Crippen LogP contribution in [-0.2, 0) is 0 Å². The maximum absolute atomic E-state index is 14.8. The number of methoxy groups -OCH3 is 1. The number of ether oxygens (including phenoxy) is 1. The standard InChI is InChI=1S/C30H28F2N8O4S/c1-40(18-9-4-3-5-10-18)13-7-12-34-29(42)38-30-36-25(33)24(45-30)28-37-26(39-44-28)20-15-23(22(32)16-21(20)31)35-27(41)17-8-6-11-19(14-17)43-2/h3-6,8-11,14-16H,7,12-13,33H2,1-2H3,(H,35,41)(H2,34,36,38,42). The number of urea groups is 1. The molecule has 3 amide bonds. The third-order valence-corrected chi connectivity index (χ3v) is 7.50. The molecule has 0 unspecified atom stereocenters. The van der Waals surface area contributed by atoms with Crippen molar-refractivity contribution < 1.29 is 27.6 Å². The van der Waals surface area contributed by atoms with Crippen molar-refractivity contribution in [2.24, 2.45) is 0 Å². The summed E-state index contributed by atoms with van der Waals surface area (Å²) in [6.07, 6.45) is 0.710. The van der Waals surface area contributed by atoms with Crippen LogP contribution < -0.4 is 31.3 Å². The van der Waals surface area contributed by atoms with Crippen LogP contribution >= 0.6 is 11.3 Å². The molecule has 0 saturated heterocycles. The second-order valence-electron chi connectivity index (χ2n) is 9.65. The number of nitrogens with zero attached hydrogens (tertiary/aromatic N) is 4. The van der Waals surface area contributed by atoms with Crippen molar-refractivity contribution in [3.05, 3.63) is 83.9 Å². The van der Waals surface area contributed by atoms with Gasteiger partial charge < -0.3 is 30.5 Å². The van der Waals surface area contributed by atoms with Crippen LogP contribution in [0.5, 0.6) is 5.75 Å². The van der Waals surface area contributed by atoms with Crippen LogP contribution in [0.2, 0.25) is 0 Å². The number of amides is 3. The number of hydrogen-bond donors (Lipinski definition) is 4. The van der Waals surface area contributed by atoms with Crippen molar-refractivity contribution in [3.8, 4) is 27.9 Å². The summed E-state index contributed by atoms with van der Waals surface area (Å²) in [7, 11) is 3.43. The van der Waals surface area contributed by atoms with E-state index in [4.69, 9.17) is 15.0 Å². The minimum atomic E-state index is -1.000. The van der Waals surface area contributed by atoms with E-state index in [2.05, 4.69) is 36.0 Å². The lowest BCUT2D eigenvalue weighted by Gasteiger charge is -2.19. The molecule has 0 aliphatic rings. The number of nitrogen functional groups attached to an aromatic ring is 1. The van der Waals surface area contributed by atoms with Crippen LogP contribution in [0.1, 0.15) is 16.8 Å². The molecule has 0 atom stereocenters. The van der Waals surface area contributed by atoms with Gasteiger partial charge in [0.25, 0.3) is 11.8 Å². The third kappa shape index (κ3) is 7.51. The molecule has 0 radical (unpaired) electrons. The van der Waals surface area contributed by atoms with Crippen LogP contribution in [0, 0.1) is 11.6 Å². The Morgan fingerprint density at radius 1 is 1.02 bits per heavy atom. The molecule has 2 aromatic heterocycles. The lowest BCUT2D eigenvalue weighted by molar-refractivity contribution is 0.102. The van der Waals surface area contributed by atoms with Crippen LogP contribution in [0.3, 0.4) is 0 Å². The molecule has 5 N–H and O–H groups in total. The number of halogens is 2. The van der Waals surface area contributed by atoms with Gasteiger partial charge in [-0.1, -0.05) is 40.8 Å². The Hall–Kier alpha value is -5.57. The fraction of sp³-hybridized carbons (Fsp3) is 0.167. The number of nitrogens with one attached hydrogen (secondary N) is 3. The number of hydrogen-bond acceptors (Lipinski definition) is 10. The Morgan fingerprint density at radius 2 is 1.82 bits per heavy atom. The smallest absolute Gasteiger partial charge is 0.321 e. The topological polar surface area (TPSA) is 161 Å². The van der Waals surface area contributed by atoms with Crippen LogP contribution in [0.4, 0.5) is 35.9 Å². The molecule has 232 valence electrons. The normalized spacial score (nSPS) is 10.8. The lowest BCUT2D eigenvalue weighted by Crippen LogP contribution is -2.31. The van der Waals surface area contributed by atoms with Gasteiger partial charge in [0, 0.05) is 37.5 Å². The van der Waals surface area contributed by atoms with E-state index in [1.165, 1.54) is 19.2 Å². The molecule has 0 fully saturated rings. The van der Waals surface area contributed by atoms with Gasteiger partial charge in [0.15, 0.2) is 5.13 Å². The van der Waals surface area contributed by atoms with Crippen molar-refractivity contribution in [2.75, 3.05) is 48.5 Å². The van der Waals surface area contributed by atoms with E-state index in [9.17, 15) is 18.4 Å². The van der Waals surface area contributed by atoms with E-state index in [0.717, 1.165) is 29.6 Å². The van der Waals surface area contributed by atoms with Crippen molar-refractivity contribution >= 4 is 45.6 Å². The maximum Gasteiger partial charge on any atom is 0.321 e. The number of benzene rings is 3. The summed E-state index contributed by atoms with van der Waals surface area (Å²) < 4.78 is 39.8. The minimum Gasteiger partial charge on any atom is -0.497 e. The molecule has 2 heterocycles. The van der Waals surface area contributed by atoms with Crippen molar-refractivity contribution in [2.45, 2.75) is 6.42 Å². The first-order chi connectivity index (χ1) is 21.7. The van der Waals surface area contributed by atoms with E-state index in [-0.39, 0.29) is 44.4 Å². The molecule has 3 aromatic carbocycles. The van der Waals surface area contributed by atoms with Gasteiger partial charge in [-0.25, -0.2) is 18.6 Å². The fourth-order valence-electron chi connectivity index (χ4n) is 4.21. The number of nitrogens with two attached hydrogens (primary N) is 1. The zero-order valence-electron chi connectivity index (χ0n) is 24.1. The molecule has 45 heavy (non-hydrogen) atoms. The van der Waals surface area contributed by atoms with Crippen molar-refractivity contribution in [3.63, 3.8) is 0 Å². The highest BCUT2D eigenvalue weighted by molar-refractivity contribution is 7.19. The Kier molecular flexibility index (Phi) is 9.48. The van der Waals surface area contributed by atoms with Crippen LogP contribution in [-0.4, -0.2) is 54.3 Å². The van der Waals surface area contributed by atoms with Gasteiger partial charge in [-0.15, -0.1) is 0 Å². The number of carbonyl (C=O) groups excluding carboxylic acids is 2. The molecule has 0 aliphatic carbocycles. The third-order valence-electron chi connectivity index (χ3n) is 6.52. The molecular weight excluding hydrogens is 606 g/mol. The van der Waals surface area contributed by atoms with Crippen molar-refractivity contribution in [1.82, 2.24) is 20.4 Å².